The van der Waals surface area contributed by atoms with Gasteiger partial charge < -0.3 is 10.4 Å². The lowest BCUT2D eigenvalue weighted by Crippen LogP contribution is -2.02. The normalized spacial score (nSPS) is 10.7. The van der Waals surface area contributed by atoms with Crippen LogP contribution in [-0.4, -0.2) is 16.0 Å². The number of phenols is 1. The number of carbonyl (C=O) groups excluding carboxylic acids is 1. The molecule has 30 heavy (non-hydrogen) atoms. The summed E-state index contributed by atoms with van der Waals surface area (Å²) in [7, 11) is 0. The van der Waals surface area contributed by atoms with Crippen LogP contribution in [0.3, 0.4) is 0 Å². The van der Waals surface area contributed by atoms with Gasteiger partial charge in [0, 0.05) is 38.8 Å². The third-order valence-corrected chi connectivity index (χ3v) is 5.68. The fraction of sp³-hybridized carbons (Fsp3) is 0.0435. The van der Waals surface area contributed by atoms with Crippen molar-refractivity contribution in [1.82, 2.24) is 4.98 Å². The number of nitroso groups, excluding NO2 is 1. The average molecular weight is 415 g/mol. The summed E-state index contributed by atoms with van der Waals surface area (Å²) in [4.78, 5) is 28.6. The number of aromatic nitrogens is 1. The maximum atomic E-state index is 11.5. The van der Waals surface area contributed by atoms with Crippen molar-refractivity contribution < 1.29 is 9.90 Å². The number of aromatic hydroxyl groups is 1. The number of carbonyl (C=O) groups is 1. The number of hydrogen-bond acceptors (Lipinski definition) is 6. The van der Waals surface area contributed by atoms with Crippen molar-refractivity contribution in [2.45, 2.75) is 16.3 Å². The lowest BCUT2D eigenvalue weighted by atomic mass is 10.1. The number of phenolic OH excluding ortho intramolecular Hbond substituents is 1. The first kappa shape index (κ1) is 19.6. The molecule has 4 rings (SSSR count). The number of hydrogen-bond donors (Lipinski definition) is 2. The molecule has 0 bridgehead atoms. The highest BCUT2D eigenvalue weighted by molar-refractivity contribution is 7.99. The van der Waals surface area contributed by atoms with Crippen molar-refractivity contribution in [2.75, 3.05) is 5.32 Å². The van der Waals surface area contributed by atoms with E-state index < -0.39 is 5.91 Å². The van der Waals surface area contributed by atoms with Gasteiger partial charge in [-0.25, -0.2) is 0 Å². The topological polar surface area (TPSA) is 91.7 Å². The second-order valence-corrected chi connectivity index (χ2v) is 7.66. The Morgan fingerprint density at radius 2 is 1.90 bits per heavy atom. The Morgan fingerprint density at radius 3 is 2.77 bits per heavy atom. The number of nitrogens with one attached hydrogen (secondary N) is 1. The largest absolute Gasteiger partial charge is 0.507 e. The highest BCUT2D eigenvalue weighted by Crippen LogP contribution is 2.32. The van der Waals surface area contributed by atoms with Crippen LogP contribution < -0.4 is 5.32 Å². The Balaban J connectivity index is 1.53. The average Bonchev–Trinajstić information content (AvgIpc) is 2.79. The van der Waals surface area contributed by atoms with E-state index in [2.05, 4.69) is 33.7 Å². The quantitative estimate of drug-likeness (QED) is 0.314. The third kappa shape index (κ3) is 4.31. The molecule has 148 valence electrons. The first-order valence-electron chi connectivity index (χ1n) is 9.19. The maximum Gasteiger partial charge on any atom is 0.320 e. The molecule has 0 aliphatic rings. The second kappa shape index (κ2) is 8.75. The highest BCUT2D eigenvalue weighted by Gasteiger charge is 2.13. The zero-order valence-corrected chi connectivity index (χ0v) is 16.6. The molecule has 0 atom stereocenters. The Hall–Kier alpha value is -3.71. The van der Waals surface area contributed by atoms with Crippen LogP contribution in [0.1, 0.15) is 15.9 Å². The summed E-state index contributed by atoms with van der Waals surface area (Å²) in [5.41, 5.74) is 2.50. The van der Waals surface area contributed by atoms with E-state index in [1.54, 1.807) is 24.0 Å². The van der Waals surface area contributed by atoms with Crippen molar-refractivity contribution in [3.05, 3.63) is 95.0 Å². The lowest BCUT2D eigenvalue weighted by Gasteiger charge is -2.12. The molecule has 0 unspecified atom stereocenters. The Kier molecular flexibility index (Phi) is 5.72. The van der Waals surface area contributed by atoms with Crippen molar-refractivity contribution in [2.24, 2.45) is 5.18 Å². The minimum Gasteiger partial charge on any atom is -0.507 e. The van der Waals surface area contributed by atoms with E-state index >= 15 is 0 Å². The van der Waals surface area contributed by atoms with Gasteiger partial charge >= 0.3 is 5.91 Å². The predicted octanol–water partition coefficient (Wildman–Crippen LogP) is 5.61. The number of amides is 1. The van der Waals surface area contributed by atoms with Crippen LogP contribution in [0.4, 0.5) is 5.69 Å². The molecule has 0 aliphatic heterocycles. The lowest BCUT2D eigenvalue weighted by molar-refractivity contribution is 0.0998. The molecule has 0 aliphatic carbocycles. The summed E-state index contributed by atoms with van der Waals surface area (Å²) < 4.78 is 0. The molecule has 0 radical (unpaired) electrons. The van der Waals surface area contributed by atoms with Crippen LogP contribution in [-0.2, 0) is 6.54 Å². The van der Waals surface area contributed by atoms with Gasteiger partial charge in [0.05, 0.1) is 11.1 Å². The maximum absolute atomic E-state index is 11.5. The van der Waals surface area contributed by atoms with Gasteiger partial charge in [0.1, 0.15) is 5.75 Å². The van der Waals surface area contributed by atoms with Gasteiger partial charge in [-0.2, -0.15) is 0 Å². The van der Waals surface area contributed by atoms with Gasteiger partial charge in [0.15, 0.2) is 0 Å². The molecular formula is C23H17N3O3S. The van der Waals surface area contributed by atoms with Gasteiger partial charge in [-0.3, -0.25) is 9.78 Å². The van der Waals surface area contributed by atoms with Crippen molar-refractivity contribution in [3.63, 3.8) is 0 Å². The minimum absolute atomic E-state index is 0.124. The van der Waals surface area contributed by atoms with Crippen molar-refractivity contribution >= 4 is 34.3 Å². The molecule has 0 saturated heterocycles. The molecule has 2 N–H and O–H groups in total. The molecule has 1 amide bonds. The van der Waals surface area contributed by atoms with Gasteiger partial charge in [-0.15, -0.1) is 4.91 Å². The third-order valence-electron chi connectivity index (χ3n) is 4.57. The smallest absolute Gasteiger partial charge is 0.320 e. The molecule has 6 nitrogen and oxygen atoms in total. The van der Waals surface area contributed by atoms with Gasteiger partial charge in [-0.1, -0.05) is 42.1 Å². The SMILES string of the molecule is O=NC(=O)c1cc(NCc2ccccc2Sc2ccc3cccnc3c2)ccc1O. The fourth-order valence-electron chi connectivity index (χ4n) is 3.05. The van der Waals surface area contributed by atoms with E-state index in [0.717, 1.165) is 26.3 Å². The monoisotopic (exact) mass is 415 g/mol. The molecule has 1 heterocycles. The predicted molar refractivity (Wildman–Crippen MR) is 118 cm³/mol. The molecule has 7 heteroatoms. The number of fused-ring (bicyclic) bond motifs is 1. The molecule has 1 aromatic heterocycles. The molecule has 0 saturated carbocycles. The van der Waals surface area contributed by atoms with Crippen LogP contribution >= 0.6 is 11.8 Å². The molecule has 0 fully saturated rings. The van der Waals surface area contributed by atoms with Crippen LogP contribution in [0.25, 0.3) is 10.9 Å². The Bertz CT molecular complexity index is 1240. The van der Waals surface area contributed by atoms with E-state index in [4.69, 9.17) is 0 Å². The number of rotatable bonds is 6. The van der Waals surface area contributed by atoms with Crippen LogP contribution in [0.2, 0.25) is 0 Å². The highest BCUT2D eigenvalue weighted by atomic mass is 32.2. The molecule has 0 spiro atoms. The van der Waals surface area contributed by atoms with E-state index in [1.165, 1.54) is 12.1 Å². The minimum atomic E-state index is -1.00. The summed E-state index contributed by atoms with van der Waals surface area (Å²) in [5.74, 6) is -1.27. The molecule has 3 aromatic carbocycles. The molecular weight excluding hydrogens is 398 g/mol. The van der Waals surface area contributed by atoms with Crippen molar-refractivity contribution in [3.8, 4) is 5.75 Å². The van der Waals surface area contributed by atoms with Crippen molar-refractivity contribution in [1.29, 1.82) is 0 Å². The first-order chi connectivity index (χ1) is 14.6. The van der Waals surface area contributed by atoms with Crippen LogP contribution in [0, 0.1) is 4.91 Å². The van der Waals surface area contributed by atoms with Crippen LogP contribution in [0.5, 0.6) is 5.75 Å². The van der Waals surface area contributed by atoms with E-state index in [-0.39, 0.29) is 11.3 Å². The summed E-state index contributed by atoms with van der Waals surface area (Å²) in [6, 6.07) is 22.6. The van der Waals surface area contributed by atoms with E-state index in [1.807, 2.05) is 36.4 Å². The standard InChI is InChI=1S/C23H17N3O3S/c27-21-10-8-17(12-19(21)23(28)26-29)25-14-16-4-1-2-6-22(16)30-18-9-7-15-5-3-11-24-20(15)13-18/h1-13,25,27H,14H2. The Labute approximate surface area is 177 Å². The fourth-order valence-corrected chi connectivity index (χ4v) is 4.03. The summed E-state index contributed by atoms with van der Waals surface area (Å²) in [5, 5.41) is 16.5. The zero-order chi connectivity index (χ0) is 20.9. The van der Waals surface area contributed by atoms with Gasteiger partial charge in [0.25, 0.3) is 0 Å². The number of anilines is 1. The second-order valence-electron chi connectivity index (χ2n) is 6.55. The van der Waals surface area contributed by atoms with Gasteiger partial charge in [-0.05, 0) is 48.0 Å². The summed E-state index contributed by atoms with van der Waals surface area (Å²) >= 11 is 1.65. The van der Waals surface area contributed by atoms with Crippen LogP contribution in [0.15, 0.2) is 94.0 Å². The number of pyridine rings is 1. The molecule has 4 aromatic rings. The summed E-state index contributed by atoms with van der Waals surface area (Å²) in [6.45, 7) is 0.502. The van der Waals surface area contributed by atoms with E-state index in [0.29, 0.717) is 12.2 Å². The summed E-state index contributed by atoms with van der Waals surface area (Å²) in [6.07, 6.45) is 1.78. The first-order valence-corrected chi connectivity index (χ1v) is 10.0. The van der Waals surface area contributed by atoms with Gasteiger partial charge in [0.2, 0.25) is 0 Å². The Morgan fingerprint density at radius 1 is 1.03 bits per heavy atom. The zero-order valence-electron chi connectivity index (χ0n) is 15.8. The van der Waals surface area contributed by atoms with E-state index in [9.17, 15) is 14.8 Å². The number of nitrogens with zero attached hydrogens (tertiary/aromatic N) is 2. The number of benzene rings is 3.